The molecular weight excluding hydrogens is 238 g/mol. The molecule has 0 aliphatic heterocycles. The number of rotatable bonds is 4. The standard InChI is InChI=1S/C13H18F2N2O/c1-5-16-13(3,4)12(18)17-11-7-9(14)8(2)6-10(11)15/h6-7,16H,5H2,1-4H3,(H,17,18). The number of benzene rings is 1. The van der Waals surface area contributed by atoms with Crippen LogP contribution in [0.5, 0.6) is 0 Å². The van der Waals surface area contributed by atoms with Crippen LogP contribution in [0.4, 0.5) is 14.5 Å². The molecule has 2 N–H and O–H groups in total. The Morgan fingerprint density at radius 1 is 1.28 bits per heavy atom. The highest BCUT2D eigenvalue weighted by Gasteiger charge is 2.27. The van der Waals surface area contributed by atoms with Gasteiger partial charge in [-0.1, -0.05) is 6.92 Å². The minimum Gasteiger partial charge on any atom is -0.322 e. The molecule has 0 radical (unpaired) electrons. The molecule has 3 nitrogen and oxygen atoms in total. The van der Waals surface area contributed by atoms with E-state index in [-0.39, 0.29) is 11.3 Å². The number of carbonyl (C=O) groups excluding carboxylic acids is 1. The van der Waals surface area contributed by atoms with Gasteiger partial charge in [0.1, 0.15) is 11.6 Å². The van der Waals surface area contributed by atoms with Gasteiger partial charge in [-0.15, -0.1) is 0 Å². The molecule has 0 aliphatic rings. The predicted molar refractivity (Wildman–Crippen MR) is 67.5 cm³/mol. The third-order valence-corrected chi connectivity index (χ3v) is 2.68. The van der Waals surface area contributed by atoms with Crippen molar-refractivity contribution in [3.05, 3.63) is 29.3 Å². The summed E-state index contributed by atoms with van der Waals surface area (Å²) in [4.78, 5) is 11.9. The fourth-order valence-electron chi connectivity index (χ4n) is 1.54. The molecule has 0 saturated carbocycles. The first-order chi connectivity index (χ1) is 8.27. The minimum absolute atomic E-state index is 0.144. The first-order valence-electron chi connectivity index (χ1n) is 5.80. The van der Waals surface area contributed by atoms with Crippen molar-refractivity contribution in [2.45, 2.75) is 33.2 Å². The fourth-order valence-corrected chi connectivity index (χ4v) is 1.54. The molecule has 0 spiro atoms. The number of likely N-dealkylation sites (N-methyl/N-ethyl adjacent to an activating group) is 1. The monoisotopic (exact) mass is 256 g/mol. The Labute approximate surface area is 106 Å². The molecule has 0 aliphatic carbocycles. The van der Waals surface area contributed by atoms with E-state index in [1.165, 1.54) is 6.92 Å². The minimum atomic E-state index is -0.845. The van der Waals surface area contributed by atoms with Gasteiger partial charge in [-0.2, -0.15) is 0 Å². The summed E-state index contributed by atoms with van der Waals surface area (Å²) >= 11 is 0. The van der Waals surface area contributed by atoms with Crippen molar-refractivity contribution in [2.75, 3.05) is 11.9 Å². The summed E-state index contributed by atoms with van der Waals surface area (Å²) in [5, 5.41) is 5.35. The van der Waals surface area contributed by atoms with E-state index < -0.39 is 23.1 Å². The lowest BCUT2D eigenvalue weighted by atomic mass is 10.0. The van der Waals surface area contributed by atoms with E-state index in [9.17, 15) is 13.6 Å². The van der Waals surface area contributed by atoms with Crippen LogP contribution in [-0.4, -0.2) is 18.0 Å². The Kier molecular flexibility index (Phi) is 4.40. The van der Waals surface area contributed by atoms with Gasteiger partial charge in [0.05, 0.1) is 11.2 Å². The largest absolute Gasteiger partial charge is 0.322 e. The molecule has 1 amide bonds. The number of hydrogen-bond donors (Lipinski definition) is 2. The van der Waals surface area contributed by atoms with Crippen LogP contribution in [0.25, 0.3) is 0 Å². The van der Waals surface area contributed by atoms with Crippen molar-refractivity contribution in [1.29, 1.82) is 0 Å². The normalized spacial score (nSPS) is 11.4. The maximum atomic E-state index is 13.6. The van der Waals surface area contributed by atoms with Gasteiger partial charge in [0, 0.05) is 6.07 Å². The van der Waals surface area contributed by atoms with Crippen LogP contribution in [0.15, 0.2) is 12.1 Å². The van der Waals surface area contributed by atoms with Crippen LogP contribution in [0.2, 0.25) is 0 Å². The molecule has 0 saturated heterocycles. The Bertz CT molecular complexity index is 459. The van der Waals surface area contributed by atoms with E-state index >= 15 is 0 Å². The molecule has 100 valence electrons. The van der Waals surface area contributed by atoms with Crippen molar-refractivity contribution >= 4 is 11.6 Å². The quantitative estimate of drug-likeness (QED) is 0.869. The van der Waals surface area contributed by atoms with Gasteiger partial charge in [0.15, 0.2) is 0 Å². The molecule has 0 fully saturated rings. The Balaban J connectivity index is 2.92. The zero-order valence-corrected chi connectivity index (χ0v) is 11.0. The van der Waals surface area contributed by atoms with Gasteiger partial charge in [-0.25, -0.2) is 8.78 Å². The first-order valence-corrected chi connectivity index (χ1v) is 5.80. The Morgan fingerprint density at radius 3 is 2.44 bits per heavy atom. The topological polar surface area (TPSA) is 41.1 Å². The SMILES string of the molecule is CCNC(C)(C)C(=O)Nc1cc(F)c(C)cc1F. The lowest BCUT2D eigenvalue weighted by Crippen LogP contribution is -2.49. The molecule has 0 heterocycles. The average molecular weight is 256 g/mol. The maximum absolute atomic E-state index is 13.6. The lowest BCUT2D eigenvalue weighted by Gasteiger charge is -2.24. The number of amides is 1. The maximum Gasteiger partial charge on any atom is 0.244 e. The van der Waals surface area contributed by atoms with Crippen LogP contribution >= 0.6 is 0 Å². The highest BCUT2D eigenvalue weighted by Crippen LogP contribution is 2.20. The molecule has 0 bridgehead atoms. The molecule has 1 aromatic carbocycles. The van der Waals surface area contributed by atoms with E-state index in [2.05, 4.69) is 10.6 Å². The summed E-state index contributed by atoms with van der Waals surface area (Å²) in [5.41, 5.74) is -0.784. The van der Waals surface area contributed by atoms with Crippen LogP contribution in [0, 0.1) is 18.6 Å². The number of hydrogen-bond acceptors (Lipinski definition) is 2. The van der Waals surface area contributed by atoms with Crippen LogP contribution in [0.1, 0.15) is 26.3 Å². The molecule has 0 unspecified atom stereocenters. The van der Waals surface area contributed by atoms with Crippen molar-refractivity contribution < 1.29 is 13.6 Å². The van der Waals surface area contributed by atoms with Crippen molar-refractivity contribution in [3.63, 3.8) is 0 Å². The van der Waals surface area contributed by atoms with Crippen LogP contribution < -0.4 is 10.6 Å². The van der Waals surface area contributed by atoms with Gasteiger partial charge in [0.2, 0.25) is 5.91 Å². The molecule has 18 heavy (non-hydrogen) atoms. The summed E-state index contributed by atoms with van der Waals surface area (Å²) in [6.45, 7) is 7.28. The molecule has 0 aromatic heterocycles. The molecular formula is C13H18F2N2O. The van der Waals surface area contributed by atoms with E-state index in [0.29, 0.717) is 6.54 Å². The zero-order valence-electron chi connectivity index (χ0n) is 11.0. The number of halogens is 2. The highest BCUT2D eigenvalue weighted by atomic mass is 19.1. The Morgan fingerprint density at radius 2 is 1.89 bits per heavy atom. The smallest absolute Gasteiger partial charge is 0.244 e. The van der Waals surface area contributed by atoms with Crippen LogP contribution in [0.3, 0.4) is 0 Å². The van der Waals surface area contributed by atoms with Gasteiger partial charge in [0.25, 0.3) is 0 Å². The van der Waals surface area contributed by atoms with Crippen molar-refractivity contribution in [1.82, 2.24) is 5.32 Å². The number of nitrogens with one attached hydrogen (secondary N) is 2. The summed E-state index contributed by atoms with van der Waals surface area (Å²) in [6, 6.07) is 2.05. The van der Waals surface area contributed by atoms with E-state index in [0.717, 1.165) is 12.1 Å². The molecule has 1 rings (SSSR count). The number of anilines is 1. The summed E-state index contributed by atoms with van der Waals surface area (Å²) in [5.74, 6) is -1.60. The number of carbonyl (C=O) groups is 1. The van der Waals surface area contributed by atoms with Gasteiger partial charge >= 0.3 is 0 Å². The number of aryl methyl sites for hydroxylation is 1. The summed E-state index contributed by atoms with van der Waals surface area (Å²) < 4.78 is 26.9. The lowest BCUT2D eigenvalue weighted by molar-refractivity contribution is -0.121. The second kappa shape index (κ2) is 5.44. The highest BCUT2D eigenvalue weighted by molar-refractivity contribution is 5.97. The second-order valence-corrected chi connectivity index (χ2v) is 4.69. The summed E-state index contributed by atoms with van der Waals surface area (Å²) in [7, 11) is 0. The van der Waals surface area contributed by atoms with E-state index in [4.69, 9.17) is 0 Å². The Hall–Kier alpha value is -1.49. The molecule has 1 aromatic rings. The van der Waals surface area contributed by atoms with Crippen molar-refractivity contribution in [3.8, 4) is 0 Å². The van der Waals surface area contributed by atoms with E-state index in [1.54, 1.807) is 13.8 Å². The zero-order chi connectivity index (χ0) is 13.9. The molecule has 0 atom stereocenters. The van der Waals surface area contributed by atoms with Gasteiger partial charge < -0.3 is 10.6 Å². The third-order valence-electron chi connectivity index (χ3n) is 2.68. The van der Waals surface area contributed by atoms with Gasteiger partial charge in [-0.05, 0) is 38.9 Å². The third kappa shape index (κ3) is 3.26. The molecule has 5 heteroatoms. The average Bonchev–Trinajstić information content (AvgIpc) is 2.25. The van der Waals surface area contributed by atoms with E-state index in [1.807, 2.05) is 6.92 Å². The van der Waals surface area contributed by atoms with Gasteiger partial charge in [-0.3, -0.25) is 4.79 Å². The predicted octanol–water partition coefficient (Wildman–Crippen LogP) is 2.60. The van der Waals surface area contributed by atoms with Crippen molar-refractivity contribution in [2.24, 2.45) is 0 Å². The summed E-state index contributed by atoms with van der Waals surface area (Å²) in [6.07, 6.45) is 0. The van der Waals surface area contributed by atoms with Crippen LogP contribution in [-0.2, 0) is 4.79 Å². The second-order valence-electron chi connectivity index (χ2n) is 4.69. The fraction of sp³-hybridized carbons (Fsp3) is 0.462. The first kappa shape index (κ1) is 14.6.